The quantitative estimate of drug-likeness (QED) is 0.359. The number of benzene rings is 3. The molecule has 1 heterocycles. The van der Waals surface area contributed by atoms with Crippen molar-refractivity contribution in [2.75, 3.05) is 45.7 Å². The molecule has 7 nitrogen and oxygen atoms in total. The van der Waals surface area contributed by atoms with Crippen molar-refractivity contribution in [3.8, 4) is 0 Å². The molecule has 0 saturated carbocycles. The number of carbonyl (C=O) groups is 2. The normalized spacial score (nSPS) is 13.8. The lowest BCUT2D eigenvalue weighted by molar-refractivity contribution is 0.0587. The highest BCUT2D eigenvalue weighted by Gasteiger charge is 2.28. The third-order valence-electron chi connectivity index (χ3n) is 6.43. The van der Waals surface area contributed by atoms with Crippen molar-refractivity contribution in [1.82, 2.24) is 9.80 Å². The van der Waals surface area contributed by atoms with Crippen molar-refractivity contribution >= 4 is 35.0 Å². The fourth-order valence-electron chi connectivity index (χ4n) is 4.46. The summed E-state index contributed by atoms with van der Waals surface area (Å²) in [5.41, 5.74) is 2.62. The van der Waals surface area contributed by atoms with Crippen LogP contribution in [0.25, 0.3) is 0 Å². The molecule has 1 fully saturated rings. The van der Waals surface area contributed by atoms with Crippen molar-refractivity contribution in [1.29, 1.82) is 0 Å². The molecule has 0 amide bonds. The minimum Gasteiger partial charge on any atom is -0.465 e. The molecule has 10 heteroatoms. The molecule has 0 aliphatic carbocycles. The van der Waals surface area contributed by atoms with Gasteiger partial charge in [0.1, 0.15) is 11.6 Å². The minimum atomic E-state index is -0.571. The lowest BCUT2D eigenvalue weighted by atomic mass is 9.96. The summed E-state index contributed by atoms with van der Waals surface area (Å²) in [5.74, 6) is -1.76. The molecular formula is C28H27F2N3O4S. The molecule has 1 aliphatic rings. The van der Waals surface area contributed by atoms with Crippen molar-refractivity contribution in [3.63, 3.8) is 0 Å². The van der Waals surface area contributed by atoms with E-state index < -0.39 is 11.9 Å². The monoisotopic (exact) mass is 539 g/mol. The zero-order valence-electron chi connectivity index (χ0n) is 20.9. The zero-order chi connectivity index (χ0) is 27.2. The number of nitrogens with one attached hydrogen (secondary N) is 1. The highest BCUT2D eigenvalue weighted by atomic mass is 32.1. The van der Waals surface area contributed by atoms with E-state index in [2.05, 4.69) is 10.2 Å². The smallest absolute Gasteiger partial charge is 0.339 e. The third-order valence-corrected chi connectivity index (χ3v) is 6.79. The Morgan fingerprint density at radius 1 is 0.816 bits per heavy atom. The Balaban J connectivity index is 1.51. The van der Waals surface area contributed by atoms with Gasteiger partial charge in [0.25, 0.3) is 0 Å². The summed E-state index contributed by atoms with van der Waals surface area (Å²) in [6, 6.07) is 16.9. The van der Waals surface area contributed by atoms with E-state index in [-0.39, 0.29) is 28.8 Å². The number of esters is 2. The van der Waals surface area contributed by atoms with E-state index in [0.717, 1.165) is 11.1 Å². The summed E-state index contributed by atoms with van der Waals surface area (Å²) in [7, 11) is 2.55. The Labute approximate surface area is 224 Å². The maximum atomic E-state index is 13.6. The molecule has 0 radical (unpaired) electrons. The van der Waals surface area contributed by atoms with Crippen molar-refractivity contribution in [2.45, 2.75) is 6.04 Å². The topological polar surface area (TPSA) is 71.1 Å². The van der Waals surface area contributed by atoms with Crippen molar-refractivity contribution in [2.24, 2.45) is 0 Å². The van der Waals surface area contributed by atoms with E-state index in [1.165, 1.54) is 56.7 Å². The Morgan fingerprint density at radius 2 is 1.34 bits per heavy atom. The second kappa shape index (κ2) is 12.1. The number of nitrogens with zero attached hydrogens (tertiary/aromatic N) is 2. The van der Waals surface area contributed by atoms with Gasteiger partial charge in [-0.1, -0.05) is 24.3 Å². The molecule has 3 aromatic rings. The SMILES string of the molecule is COC(=O)c1ccc(C(=O)OC)c(NC(=S)N2CCN(C(c3ccc(F)cc3)c3ccc(F)cc3)CC2)c1. The summed E-state index contributed by atoms with van der Waals surface area (Å²) < 4.78 is 36.9. The maximum absolute atomic E-state index is 13.6. The van der Waals surface area contributed by atoms with Crippen LogP contribution in [-0.4, -0.2) is 67.2 Å². The van der Waals surface area contributed by atoms with Crippen LogP contribution < -0.4 is 5.32 Å². The van der Waals surface area contributed by atoms with Gasteiger partial charge in [-0.2, -0.15) is 0 Å². The fraction of sp³-hybridized carbons (Fsp3) is 0.250. The number of thiocarbonyl (C=S) groups is 1. The lowest BCUT2D eigenvalue weighted by Gasteiger charge is -2.40. The number of ether oxygens (including phenoxy) is 2. The number of hydrogen-bond donors (Lipinski definition) is 1. The molecule has 0 bridgehead atoms. The Morgan fingerprint density at radius 3 is 1.84 bits per heavy atom. The molecule has 4 rings (SSSR count). The summed E-state index contributed by atoms with van der Waals surface area (Å²) in [6.45, 7) is 2.37. The fourth-order valence-corrected chi connectivity index (χ4v) is 4.75. The number of halogens is 2. The van der Waals surface area contributed by atoms with Crippen LogP contribution in [0.15, 0.2) is 66.7 Å². The number of hydrogen-bond acceptors (Lipinski definition) is 6. The van der Waals surface area contributed by atoms with Gasteiger partial charge in [0.2, 0.25) is 0 Å². The molecule has 0 spiro atoms. The van der Waals surface area contributed by atoms with Crippen LogP contribution in [0.4, 0.5) is 14.5 Å². The van der Waals surface area contributed by atoms with Gasteiger partial charge in [0, 0.05) is 26.2 Å². The van der Waals surface area contributed by atoms with Gasteiger partial charge >= 0.3 is 11.9 Å². The van der Waals surface area contributed by atoms with E-state index in [1.54, 1.807) is 24.3 Å². The Bertz CT molecular complexity index is 1270. The molecule has 0 atom stereocenters. The first kappa shape index (κ1) is 27.2. The number of piperazine rings is 1. The van der Waals surface area contributed by atoms with Crippen LogP contribution in [0.3, 0.4) is 0 Å². The largest absolute Gasteiger partial charge is 0.465 e. The van der Waals surface area contributed by atoms with Gasteiger partial charge in [-0.25, -0.2) is 18.4 Å². The standard InChI is InChI=1S/C28H27F2N3O4S/c1-36-26(34)20-7-12-23(27(35)37-2)24(17-20)31-28(38)33-15-13-32(14-16-33)25(18-3-8-21(29)9-4-18)19-5-10-22(30)11-6-19/h3-12,17,25H,13-16H2,1-2H3,(H,31,38). The van der Waals surface area contributed by atoms with Crippen LogP contribution >= 0.6 is 12.2 Å². The Hall–Kier alpha value is -3.89. The predicted molar refractivity (Wildman–Crippen MR) is 143 cm³/mol. The molecule has 198 valence electrons. The van der Waals surface area contributed by atoms with Crippen LogP contribution in [0, 0.1) is 11.6 Å². The lowest BCUT2D eigenvalue weighted by Crippen LogP contribution is -2.51. The van der Waals surface area contributed by atoms with E-state index >= 15 is 0 Å². The van der Waals surface area contributed by atoms with Crippen molar-refractivity contribution < 1.29 is 27.8 Å². The second-order valence-electron chi connectivity index (χ2n) is 8.70. The number of carbonyl (C=O) groups excluding carboxylic acids is 2. The minimum absolute atomic E-state index is 0.192. The zero-order valence-corrected chi connectivity index (χ0v) is 21.8. The molecule has 0 aromatic heterocycles. The molecule has 1 aliphatic heterocycles. The van der Waals surface area contributed by atoms with E-state index in [0.29, 0.717) is 37.0 Å². The molecule has 1 saturated heterocycles. The summed E-state index contributed by atoms with van der Waals surface area (Å²) in [4.78, 5) is 28.5. The van der Waals surface area contributed by atoms with Crippen LogP contribution in [-0.2, 0) is 9.47 Å². The number of anilines is 1. The first-order chi connectivity index (χ1) is 18.3. The summed E-state index contributed by atoms with van der Waals surface area (Å²) in [6.07, 6.45) is 0. The second-order valence-corrected chi connectivity index (χ2v) is 9.09. The molecule has 38 heavy (non-hydrogen) atoms. The van der Waals surface area contributed by atoms with Crippen LogP contribution in [0.5, 0.6) is 0 Å². The van der Waals surface area contributed by atoms with Gasteiger partial charge in [-0.05, 0) is 65.8 Å². The highest BCUT2D eigenvalue weighted by Crippen LogP contribution is 2.30. The van der Waals surface area contributed by atoms with E-state index in [1.807, 2.05) is 4.90 Å². The molecular weight excluding hydrogens is 512 g/mol. The first-order valence-corrected chi connectivity index (χ1v) is 12.3. The van der Waals surface area contributed by atoms with Gasteiger partial charge in [-0.15, -0.1) is 0 Å². The number of rotatable bonds is 6. The Kier molecular flexibility index (Phi) is 8.65. The van der Waals surface area contributed by atoms with Gasteiger partial charge in [0.15, 0.2) is 5.11 Å². The van der Waals surface area contributed by atoms with Gasteiger partial charge in [0.05, 0.1) is 37.1 Å². The molecule has 3 aromatic carbocycles. The van der Waals surface area contributed by atoms with Crippen LogP contribution in [0.1, 0.15) is 37.9 Å². The average molecular weight is 540 g/mol. The van der Waals surface area contributed by atoms with Crippen LogP contribution in [0.2, 0.25) is 0 Å². The summed E-state index contributed by atoms with van der Waals surface area (Å²) >= 11 is 5.64. The van der Waals surface area contributed by atoms with Crippen molar-refractivity contribution in [3.05, 3.63) is 101 Å². The predicted octanol–water partition coefficient (Wildman–Crippen LogP) is 4.64. The van der Waals surface area contributed by atoms with Gasteiger partial charge in [-0.3, -0.25) is 4.90 Å². The number of methoxy groups -OCH3 is 2. The average Bonchev–Trinajstić information content (AvgIpc) is 2.94. The molecule has 1 N–H and O–H groups in total. The van der Waals surface area contributed by atoms with Gasteiger partial charge < -0.3 is 19.7 Å². The van der Waals surface area contributed by atoms with E-state index in [4.69, 9.17) is 21.7 Å². The van der Waals surface area contributed by atoms with E-state index in [9.17, 15) is 18.4 Å². The third kappa shape index (κ3) is 6.15. The highest BCUT2D eigenvalue weighted by molar-refractivity contribution is 7.80. The summed E-state index contributed by atoms with van der Waals surface area (Å²) in [5, 5.41) is 3.47. The first-order valence-electron chi connectivity index (χ1n) is 11.9. The maximum Gasteiger partial charge on any atom is 0.339 e. The molecule has 0 unspecified atom stereocenters.